The zero-order valence-electron chi connectivity index (χ0n) is 16.4. The molecule has 0 amide bonds. The van der Waals surface area contributed by atoms with Crippen LogP contribution >= 0.6 is 11.8 Å². The van der Waals surface area contributed by atoms with Crippen LogP contribution in [0.15, 0.2) is 58.5 Å². The molecule has 0 spiro atoms. The average molecular weight is 410 g/mol. The van der Waals surface area contributed by atoms with E-state index in [1.807, 2.05) is 59.9 Å². The van der Waals surface area contributed by atoms with Crippen molar-refractivity contribution in [1.29, 1.82) is 0 Å². The SMILES string of the molecule is CCOCCSc1nnc2n(Cc3ccccc3OC)c(=O)c3ccccc3n12. The van der Waals surface area contributed by atoms with E-state index in [2.05, 4.69) is 10.2 Å². The minimum atomic E-state index is -0.0997. The summed E-state index contributed by atoms with van der Waals surface area (Å²) >= 11 is 1.56. The van der Waals surface area contributed by atoms with Crippen molar-refractivity contribution in [2.75, 3.05) is 26.1 Å². The second-order valence-corrected chi connectivity index (χ2v) is 7.45. The van der Waals surface area contributed by atoms with Gasteiger partial charge in [0.2, 0.25) is 5.78 Å². The van der Waals surface area contributed by atoms with Crippen LogP contribution in [0.3, 0.4) is 0 Å². The Hall–Kier alpha value is -2.84. The number of nitrogens with zero attached hydrogens (tertiary/aromatic N) is 4. The number of rotatable bonds is 8. The quantitative estimate of drug-likeness (QED) is 0.328. The molecule has 2 aromatic heterocycles. The van der Waals surface area contributed by atoms with Crippen LogP contribution in [0, 0.1) is 0 Å². The van der Waals surface area contributed by atoms with Crippen LogP contribution < -0.4 is 10.3 Å². The van der Waals surface area contributed by atoms with Gasteiger partial charge in [0.05, 0.1) is 31.2 Å². The molecule has 0 fully saturated rings. The van der Waals surface area contributed by atoms with Gasteiger partial charge in [-0.1, -0.05) is 42.1 Å². The number of hydrogen-bond donors (Lipinski definition) is 0. The van der Waals surface area contributed by atoms with Gasteiger partial charge in [0.1, 0.15) is 5.75 Å². The van der Waals surface area contributed by atoms with Gasteiger partial charge in [-0.05, 0) is 25.1 Å². The van der Waals surface area contributed by atoms with Crippen molar-refractivity contribution in [2.45, 2.75) is 18.6 Å². The predicted molar refractivity (Wildman–Crippen MR) is 114 cm³/mol. The fraction of sp³-hybridized carbons (Fsp3) is 0.286. The first-order valence-electron chi connectivity index (χ1n) is 9.43. The van der Waals surface area contributed by atoms with Gasteiger partial charge in [-0.2, -0.15) is 0 Å². The zero-order valence-corrected chi connectivity index (χ0v) is 17.2. The van der Waals surface area contributed by atoms with Crippen molar-refractivity contribution in [1.82, 2.24) is 19.2 Å². The first-order chi connectivity index (χ1) is 14.2. The Balaban J connectivity index is 1.86. The molecule has 0 N–H and O–H groups in total. The van der Waals surface area contributed by atoms with E-state index < -0.39 is 0 Å². The number of para-hydroxylation sites is 2. The van der Waals surface area contributed by atoms with Gasteiger partial charge in [0, 0.05) is 17.9 Å². The second kappa shape index (κ2) is 8.67. The van der Waals surface area contributed by atoms with Crippen LogP contribution in [0.4, 0.5) is 0 Å². The third-order valence-electron chi connectivity index (χ3n) is 4.66. The van der Waals surface area contributed by atoms with E-state index in [1.54, 1.807) is 23.4 Å². The molecule has 2 heterocycles. The van der Waals surface area contributed by atoms with Crippen LogP contribution in [-0.2, 0) is 11.3 Å². The Morgan fingerprint density at radius 3 is 2.69 bits per heavy atom. The summed E-state index contributed by atoms with van der Waals surface area (Å²) in [7, 11) is 1.63. The van der Waals surface area contributed by atoms with Gasteiger partial charge in [-0.3, -0.25) is 13.8 Å². The van der Waals surface area contributed by atoms with Gasteiger partial charge in [-0.15, -0.1) is 10.2 Å². The minimum absolute atomic E-state index is 0.0997. The Bertz CT molecular complexity index is 1200. The van der Waals surface area contributed by atoms with Crippen LogP contribution in [0.5, 0.6) is 5.75 Å². The maximum Gasteiger partial charge on any atom is 0.263 e. The molecule has 4 aromatic rings. The largest absolute Gasteiger partial charge is 0.496 e. The Morgan fingerprint density at radius 1 is 1.07 bits per heavy atom. The van der Waals surface area contributed by atoms with E-state index in [1.165, 1.54) is 0 Å². The summed E-state index contributed by atoms with van der Waals surface area (Å²) in [4.78, 5) is 13.3. The molecule has 2 aromatic carbocycles. The Labute approximate surface area is 172 Å². The van der Waals surface area contributed by atoms with E-state index >= 15 is 0 Å². The summed E-state index contributed by atoms with van der Waals surface area (Å²) in [6.07, 6.45) is 0. The molecular formula is C21H22N4O3S. The first-order valence-corrected chi connectivity index (χ1v) is 10.4. The van der Waals surface area contributed by atoms with Crippen molar-refractivity contribution < 1.29 is 9.47 Å². The molecule has 8 heteroatoms. The number of ether oxygens (including phenoxy) is 2. The lowest BCUT2D eigenvalue weighted by atomic mass is 10.2. The fourth-order valence-electron chi connectivity index (χ4n) is 3.31. The van der Waals surface area contributed by atoms with Gasteiger partial charge < -0.3 is 9.47 Å². The molecule has 0 unspecified atom stereocenters. The molecule has 0 aliphatic carbocycles. The smallest absolute Gasteiger partial charge is 0.263 e. The van der Waals surface area contributed by atoms with Crippen molar-refractivity contribution in [2.24, 2.45) is 0 Å². The summed E-state index contributed by atoms with van der Waals surface area (Å²) in [5.74, 6) is 2.00. The number of hydrogen-bond acceptors (Lipinski definition) is 6. The fourth-order valence-corrected chi connectivity index (χ4v) is 4.10. The van der Waals surface area contributed by atoms with Crippen LogP contribution in [0.2, 0.25) is 0 Å². The number of methoxy groups -OCH3 is 1. The van der Waals surface area contributed by atoms with Crippen molar-refractivity contribution >= 4 is 28.4 Å². The number of fused-ring (bicyclic) bond motifs is 3. The van der Waals surface area contributed by atoms with Gasteiger partial charge in [0.15, 0.2) is 5.16 Å². The predicted octanol–water partition coefficient (Wildman–Crippen LogP) is 3.23. The lowest BCUT2D eigenvalue weighted by molar-refractivity contribution is 0.164. The molecule has 7 nitrogen and oxygen atoms in total. The third kappa shape index (κ3) is 3.73. The topological polar surface area (TPSA) is 70.7 Å². The lowest BCUT2D eigenvalue weighted by Gasteiger charge is -2.13. The molecule has 0 atom stereocenters. The van der Waals surface area contributed by atoms with Crippen molar-refractivity contribution in [3.8, 4) is 5.75 Å². The van der Waals surface area contributed by atoms with E-state index in [0.29, 0.717) is 30.9 Å². The highest BCUT2D eigenvalue weighted by Crippen LogP contribution is 2.23. The van der Waals surface area contributed by atoms with Crippen LogP contribution in [0.25, 0.3) is 16.7 Å². The summed E-state index contributed by atoms with van der Waals surface area (Å²) in [5, 5.41) is 10.1. The van der Waals surface area contributed by atoms with Gasteiger partial charge in [-0.25, -0.2) is 0 Å². The molecule has 4 rings (SSSR count). The highest BCUT2D eigenvalue weighted by molar-refractivity contribution is 7.99. The average Bonchev–Trinajstić information content (AvgIpc) is 3.18. The van der Waals surface area contributed by atoms with E-state index in [4.69, 9.17) is 9.47 Å². The van der Waals surface area contributed by atoms with Gasteiger partial charge in [0.25, 0.3) is 5.56 Å². The normalized spacial score (nSPS) is 11.4. The maximum atomic E-state index is 13.3. The highest BCUT2D eigenvalue weighted by Gasteiger charge is 2.17. The summed E-state index contributed by atoms with van der Waals surface area (Å²) < 4.78 is 14.5. The van der Waals surface area contributed by atoms with E-state index in [-0.39, 0.29) is 5.56 Å². The van der Waals surface area contributed by atoms with Crippen LogP contribution in [-0.4, -0.2) is 45.2 Å². The highest BCUT2D eigenvalue weighted by atomic mass is 32.2. The molecule has 29 heavy (non-hydrogen) atoms. The summed E-state index contributed by atoms with van der Waals surface area (Å²) in [6, 6.07) is 15.2. The molecule has 0 bridgehead atoms. The molecule has 0 aliphatic heterocycles. The number of benzene rings is 2. The summed E-state index contributed by atoms with van der Waals surface area (Å²) in [5.41, 5.74) is 1.60. The summed E-state index contributed by atoms with van der Waals surface area (Å²) in [6.45, 7) is 3.64. The van der Waals surface area contributed by atoms with Crippen molar-refractivity contribution in [3.05, 3.63) is 64.4 Å². The molecule has 0 radical (unpaired) electrons. The van der Waals surface area contributed by atoms with Crippen LogP contribution in [0.1, 0.15) is 12.5 Å². The molecule has 0 saturated carbocycles. The van der Waals surface area contributed by atoms with E-state index in [9.17, 15) is 4.79 Å². The first kappa shape index (κ1) is 19.5. The third-order valence-corrected chi connectivity index (χ3v) is 5.56. The maximum absolute atomic E-state index is 13.3. The number of thioether (sulfide) groups is 1. The monoisotopic (exact) mass is 410 g/mol. The zero-order chi connectivity index (χ0) is 20.2. The van der Waals surface area contributed by atoms with E-state index in [0.717, 1.165) is 27.7 Å². The Morgan fingerprint density at radius 2 is 1.86 bits per heavy atom. The second-order valence-electron chi connectivity index (χ2n) is 6.38. The standard InChI is InChI=1S/C21H22N4O3S/c1-3-28-12-13-29-21-23-22-20-24(14-15-8-4-7-11-18(15)27-2)19(26)16-9-5-6-10-17(16)25(20)21/h4-11H,3,12-14H2,1-2H3. The number of aromatic nitrogens is 4. The minimum Gasteiger partial charge on any atom is -0.496 e. The molecular weight excluding hydrogens is 388 g/mol. The van der Waals surface area contributed by atoms with Crippen molar-refractivity contribution in [3.63, 3.8) is 0 Å². The molecule has 150 valence electrons. The van der Waals surface area contributed by atoms with Gasteiger partial charge >= 0.3 is 0 Å². The lowest BCUT2D eigenvalue weighted by Crippen LogP contribution is -2.24. The molecule has 0 saturated heterocycles. The Kier molecular flexibility index (Phi) is 5.82. The molecule has 0 aliphatic rings.